The van der Waals surface area contributed by atoms with Crippen molar-refractivity contribution in [3.63, 3.8) is 0 Å². The van der Waals surface area contributed by atoms with Gasteiger partial charge in [-0.2, -0.15) is 0 Å². The molecule has 4 nitrogen and oxygen atoms in total. The Morgan fingerprint density at radius 2 is 1.91 bits per heavy atom. The average Bonchev–Trinajstić information content (AvgIpc) is 2.54. The van der Waals surface area contributed by atoms with E-state index in [2.05, 4.69) is 0 Å². The number of hydrogen-bond donors (Lipinski definition) is 1. The van der Waals surface area contributed by atoms with Gasteiger partial charge in [0.1, 0.15) is 11.5 Å². The van der Waals surface area contributed by atoms with Crippen molar-refractivity contribution in [1.82, 2.24) is 5.06 Å². The predicted molar refractivity (Wildman–Crippen MR) is 90.8 cm³/mol. The van der Waals surface area contributed by atoms with Crippen LogP contribution in [0.5, 0.6) is 11.5 Å². The van der Waals surface area contributed by atoms with Crippen LogP contribution in [0.15, 0.2) is 54.6 Å². The van der Waals surface area contributed by atoms with Gasteiger partial charge in [-0.3, -0.25) is 10.0 Å². The molecule has 120 valence electrons. The molecule has 23 heavy (non-hydrogen) atoms. The van der Waals surface area contributed by atoms with Crippen molar-refractivity contribution in [3.05, 3.63) is 65.2 Å². The van der Waals surface area contributed by atoms with Crippen LogP contribution in [0, 0.1) is 0 Å². The Morgan fingerprint density at radius 1 is 1.22 bits per heavy atom. The molecule has 0 heterocycles. The maximum atomic E-state index is 11.1. The standard InChI is InChI=1S/C18H18ClNO3/c1-13(20(22)14(2)21)6-7-15-4-3-5-18(12-15)23-17-10-8-16(19)9-11-17/h3-13,22H,1-2H3/b7-6+. The molecule has 2 aromatic rings. The second-order valence-electron chi connectivity index (χ2n) is 5.09. The lowest BCUT2D eigenvalue weighted by atomic mass is 10.1. The maximum absolute atomic E-state index is 11.1. The summed E-state index contributed by atoms with van der Waals surface area (Å²) in [6.45, 7) is 3.04. The molecule has 0 aliphatic rings. The lowest BCUT2D eigenvalue weighted by molar-refractivity contribution is -0.167. The summed E-state index contributed by atoms with van der Waals surface area (Å²) in [5.74, 6) is 0.985. The molecule has 0 aliphatic heterocycles. The first kappa shape index (κ1) is 17.1. The molecule has 0 bridgehead atoms. The third-order valence-electron chi connectivity index (χ3n) is 3.18. The van der Waals surface area contributed by atoms with Crippen LogP contribution in [0.25, 0.3) is 6.08 Å². The van der Waals surface area contributed by atoms with Crippen molar-refractivity contribution in [2.24, 2.45) is 0 Å². The fraction of sp³-hybridized carbons (Fsp3) is 0.167. The fourth-order valence-corrected chi connectivity index (χ4v) is 2.07. The Labute approximate surface area is 140 Å². The molecule has 0 saturated carbocycles. The molecule has 0 aromatic heterocycles. The number of carbonyl (C=O) groups excluding carboxylic acids is 1. The number of benzene rings is 2. The Kier molecular flexibility index (Phi) is 5.79. The summed E-state index contributed by atoms with van der Waals surface area (Å²) in [5.41, 5.74) is 0.903. The Morgan fingerprint density at radius 3 is 2.57 bits per heavy atom. The van der Waals surface area contributed by atoms with Crippen LogP contribution in [0.2, 0.25) is 5.02 Å². The van der Waals surface area contributed by atoms with Crippen LogP contribution in [0.4, 0.5) is 0 Å². The fourth-order valence-electron chi connectivity index (χ4n) is 1.94. The minimum absolute atomic E-state index is 0.401. The molecule has 0 fully saturated rings. The van der Waals surface area contributed by atoms with Crippen LogP contribution in [0.1, 0.15) is 19.4 Å². The van der Waals surface area contributed by atoms with Gasteiger partial charge in [-0.1, -0.05) is 35.9 Å². The third kappa shape index (κ3) is 5.13. The van der Waals surface area contributed by atoms with E-state index >= 15 is 0 Å². The number of nitrogens with zero attached hydrogens (tertiary/aromatic N) is 1. The minimum atomic E-state index is -0.409. The highest BCUT2D eigenvalue weighted by atomic mass is 35.5. The van der Waals surface area contributed by atoms with Crippen molar-refractivity contribution in [2.45, 2.75) is 19.9 Å². The summed E-state index contributed by atoms with van der Waals surface area (Å²) >= 11 is 5.85. The lowest BCUT2D eigenvalue weighted by Gasteiger charge is -2.17. The van der Waals surface area contributed by atoms with Gasteiger partial charge in [0.15, 0.2) is 0 Å². The van der Waals surface area contributed by atoms with E-state index in [-0.39, 0.29) is 0 Å². The summed E-state index contributed by atoms with van der Waals surface area (Å²) in [5, 5.41) is 10.9. The van der Waals surface area contributed by atoms with Gasteiger partial charge in [-0.05, 0) is 48.9 Å². The smallest absolute Gasteiger partial charge is 0.243 e. The van der Waals surface area contributed by atoms with E-state index < -0.39 is 11.9 Å². The number of carbonyl (C=O) groups is 1. The molecule has 1 atom stereocenters. The first-order chi connectivity index (χ1) is 11.0. The topological polar surface area (TPSA) is 49.8 Å². The van der Waals surface area contributed by atoms with Gasteiger partial charge in [0.2, 0.25) is 5.91 Å². The van der Waals surface area contributed by atoms with E-state index in [1.165, 1.54) is 6.92 Å². The second-order valence-corrected chi connectivity index (χ2v) is 5.53. The zero-order valence-corrected chi connectivity index (χ0v) is 13.7. The monoisotopic (exact) mass is 331 g/mol. The molecule has 0 radical (unpaired) electrons. The molecule has 2 rings (SSSR count). The number of hydroxylamine groups is 2. The molecular formula is C18H18ClNO3. The molecule has 0 spiro atoms. The molecular weight excluding hydrogens is 314 g/mol. The molecule has 1 unspecified atom stereocenters. The van der Waals surface area contributed by atoms with Gasteiger partial charge in [0, 0.05) is 11.9 Å². The quantitative estimate of drug-likeness (QED) is 0.634. The molecule has 0 aliphatic carbocycles. The summed E-state index contributed by atoms with van der Waals surface area (Å²) in [6.07, 6.45) is 3.56. The number of halogens is 1. The number of hydrogen-bond acceptors (Lipinski definition) is 3. The molecule has 1 amide bonds. The zero-order valence-electron chi connectivity index (χ0n) is 12.9. The summed E-state index contributed by atoms with van der Waals surface area (Å²) in [7, 11) is 0. The SMILES string of the molecule is CC(=O)N(O)C(C)/C=C/c1cccc(Oc2ccc(Cl)cc2)c1. The van der Waals surface area contributed by atoms with Gasteiger partial charge in [-0.25, -0.2) is 5.06 Å². The van der Waals surface area contributed by atoms with Crippen molar-refractivity contribution >= 4 is 23.6 Å². The van der Waals surface area contributed by atoms with E-state index in [0.717, 1.165) is 5.56 Å². The highest BCUT2D eigenvalue weighted by molar-refractivity contribution is 6.30. The van der Waals surface area contributed by atoms with Gasteiger partial charge in [0.05, 0.1) is 6.04 Å². The van der Waals surface area contributed by atoms with E-state index in [9.17, 15) is 10.0 Å². The molecule has 1 N–H and O–H groups in total. The second kappa shape index (κ2) is 7.81. The van der Waals surface area contributed by atoms with Crippen LogP contribution < -0.4 is 4.74 Å². The van der Waals surface area contributed by atoms with Gasteiger partial charge >= 0.3 is 0 Å². The van der Waals surface area contributed by atoms with Crippen LogP contribution in [0.3, 0.4) is 0 Å². The Hall–Kier alpha value is -2.30. The third-order valence-corrected chi connectivity index (χ3v) is 3.44. The largest absolute Gasteiger partial charge is 0.457 e. The molecule has 2 aromatic carbocycles. The van der Waals surface area contributed by atoms with Gasteiger partial charge in [0.25, 0.3) is 0 Å². The number of amides is 1. The average molecular weight is 332 g/mol. The van der Waals surface area contributed by atoms with Crippen molar-refractivity contribution in [2.75, 3.05) is 0 Å². The van der Waals surface area contributed by atoms with Crippen molar-refractivity contribution in [3.8, 4) is 11.5 Å². The molecule has 5 heteroatoms. The van der Waals surface area contributed by atoms with Crippen LogP contribution in [-0.2, 0) is 4.79 Å². The first-order valence-corrected chi connectivity index (χ1v) is 7.54. The summed E-state index contributed by atoms with van der Waals surface area (Å²) in [6, 6.07) is 14.2. The zero-order chi connectivity index (χ0) is 16.8. The van der Waals surface area contributed by atoms with Crippen LogP contribution >= 0.6 is 11.6 Å². The minimum Gasteiger partial charge on any atom is -0.457 e. The molecule has 0 saturated heterocycles. The summed E-state index contributed by atoms with van der Waals surface area (Å²) in [4.78, 5) is 11.1. The van der Waals surface area contributed by atoms with Crippen LogP contribution in [-0.4, -0.2) is 22.2 Å². The van der Waals surface area contributed by atoms with Gasteiger partial charge < -0.3 is 4.74 Å². The van der Waals surface area contributed by atoms with Crippen molar-refractivity contribution < 1.29 is 14.7 Å². The predicted octanol–water partition coefficient (Wildman–Crippen LogP) is 4.77. The summed E-state index contributed by atoms with van der Waals surface area (Å²) < 4.78 is 5.76. The van der Waals surface area contributed by atoms with E-state index in [4.69, 9.17) is 16.3 Å². The lowest BCUT2D eigenvalue weighted by Crippen LogP contribution is -2.32. The highest BCUT2D eigenvalue weighted by Crippen LogP contribution is 2.24. The first-order valence-electron chi connectivity index (χ1n) is 7.16. The van der Waals surface area contributed by atoms with E-state index in [1.54, 1.807) is 37.3 Å². The van der Waals surface area contributed by atoms with Crippen molar-refractivity contribution in [1.29, 1.82) is 0 Å². The highest BCUT2D eigenvalue weighted by Gasteiger charge is 2.10. The van der Waals surface area contributed by atoms with Gasteiger partial charge in [-0.15, -0.1) is 0 Å². The van der Waals surface area contributed by atoms with E-state index in [1.807, 2.05) is 30.3 Å². The number of rotatable bonds is 5. The normalized spacial score (nSPS) is 12.2. The van der Waals surface area contributed by atoms with E-state index in [0.29, 0.717) is 21.6 Å². The Balaban J connectivity index is 2.07. The maximum Gasteiger partial charge on any atom is 0.243 e. The number of ether oxygens (including phenoxy) is 1. The Bertz CT molecular complexity index is 698.